The van der Waals surface area contributed by atoms with Crippen molar-refractivity contribution in [3.8, 4) is 11.5 Å². The SMILES string of the molecule is COc1cc(F)c([C@H]2[C@H](NC(=O)c3ccc(OC(F)(F)F)cc3)C(=O)N(c3cccn(CCO)c3=O)[C@H]2C)c(F)c1. The first-order valence-electron chi connectivity index (χ1n) is 12.2. The highest BCUT2D eigenvalue weighted by atomic mass is 19.4. The van der Waals surface area contributed by atoms with Gasteiger partial charge in [-0.15, -0.1) is 13.2 Å². The van der Waals surface area contributed by atoms with Gasteiger partial charge in [-0.1, -0.05) is 0 Å². The van der Waals surface area contributed by atoms with Gasteiger partial charge in [-0.05, 0) is 43.3 Å². The van der Waals surface area contributed by atoms with Gasteiger partial charge in [-0.3, -0.25) is 14.4 Å². The van der Waals surface area contributed by atoms with E-state index in [4.69, 9.17) is 4.74 Å². The van der Waals surface area contributed by atoms with Crippen molar-refractivity contribution in [3.05, 3.63) is 87.8 Å². The summed E-state index contributed by atoms with van der Waals surface area (Å²) < 4.78 is 77.9. The van der Waals surface area contributed by atoms with Gasteiger partial charge in [-0.2, -0.15) is 0 Å². The molecule has 0 radical (unpaired) electrons. The fraction of sp³-hybridized carbons (Fsp3) is 0.296. The van der Waals surface area contributed by atoms with Crippen molar-refractivity contribution in [2.75, 3.05) is 18.6 Å². The Morgan fingerprint density at radius 2 is 1.68 bits per heavy atom. The summed E-state index contributed by atoms with van der Waals surface area (Å²) in [6.07, 6.45) is -3.56. The molecular weight excluding hydrogens is 557 g/mol. The molecule has 0 bridgehead atoms. The van der Waals surface area contributed by atoms with Crippen LogP contribution in [-0.2, 0) is 11.3 Å². The minimum atomic E-state index is -4.95. The summed E-state index contributed by atoms with van der Waals surface area (Å²) in [7, 11) is 1.21. The van der Waals surface area contributed by atoms with E-state index in [-0.39, 0.29) is 30.2 Å². The van der Waals surface area contributed by atoms with Gasteiger partial charge in [0, 0.05) is 48.0 Å². The molecule has 2 N–H and O–H groups in total. The van der Waals surface area contributed by atoms with Crippen molar-refractivity contribution in [1.29, 1.82) is 0 Å². The standard InChI is InChI=1S/C27H24F5N3O6/c1-14-21(22-18(28)12-17(40-2)13-19(22)29)23(26(39)35(14)20-4-3-9-34(10-11-36)25(20)38)33-24(37)15-5-7-16(8-6-15)41-27(30,31)32/h3-9,12-14,21,23,36H,10-11H2,1-2H3,(H,33,37)/t14-,21-,23-/m0/s1. The number of carbonyl (C=O) groups is 2. The molecule has 0 aliphatic carbocycles. The second kappa shape index (κ2) is 11.6. The van der Waals surface area contributed by atoms with Crippen molar-refractivity contribution in [2.45, 2.75) is 37.8 Å². The van der Waals surface area contributed by atoms with Crippen molar-refractivity contribution < 1.29 is 46.1 Å². The Hall–Kier alpha value is -4.46. The van der Waals surface area contributed by atoms with Crippen molar-refractivity contribution in [2.24, 2.45) is 0 Å². The quantitative estimate of drug-likeness (QED) is 0.395. The summed E-state index contributed by atoms with van der Waals surface area (Å²) in [5.41, 5.74) is -1.52. The lowest BCUT2D eigenvalue weighted by Gasteiger charge is -2.26. The molecule has 14 heteroatoms. The van der Waals surface area contributed by atoms with E-state index in [2.05, 4.69) is 10.1 Å². The monoisotopic (exact) mass is 581 g/mol. The largest absolute Gasteiger partial charge is 0.573 e. The van der Waals surface area contributed by atoms with Crippen LogP contribution in [0.15, 0.2) is 59.5 Å². The summed E-state index contributed by atoms with van der Waals surface area (Å²) in [6.45, 7) is 0.996. The maximum Gasteiger partial charge on any atom is 0.573 e. The number of pyridine rings is 1. The molecule has 2 amide bonds. The Kier molecular flexibility index (Phi) is 8.33. The summed E-state index contributed by atoms with van der Waals surface area (Å²) in [4.78, 5) is 41.0. The van der Waals surface area contributed by atoms with Crippen LogP contribution >= 0.6 is 0 Å². The fourth-order valence-electron chi connectivity index (χ4n) is 4.86. The van der Waals surface area contributed by atoms with Crippen molar-refractivity contribution in [3.63, 3.8) is 0 Å². The normalized spacial score (nSPS) is 18.9. The van der Waals surface area contributed by atoms with Gasteiger partial charge in [-0.25, -0.2) is 8.78 Å². The molecule has 1 saturated heterocycles. The number of amides is 2. The highest BCUT2D eigenvalue weighted by Gasteiger charge is 2.50. The number of nitrogens with one attached hydrogen (secondary N) is 1. The Bertz CT molecular complexity index is 1490. The first-order chi connectivity index (χ1) is 19.4. The molecule has 2 heterocycles. The van der Waals surface area contributed by atoms with E-state index in [1.54, 1.807) is 0 Å². The van der Waals surface area contributed by atoms with Crippen molar-refractivity contribution in [1.82, 2.24) is 9.88 Å². The lowest BCUT2D eigenvalue weighted by atomic mass is 9.87. The van der Waals surface area contributed by atoms with Crippen LogP contribution in [0.2, 0.25) is 0 Å². The third kappa shape index (κ3) is 6.01. The van der Waals surface area contributed by atoms with E-state index in [1.165, 1.54) is 32.4 Å². The number of aliphatic hydroxyl groups excluding tert-OH is 1. The predicted octanol–water partition coefficient (Wildman–Crippen LogP) is 3.34. The first kappa shape index (κ1) is 29.5. The van der Waals surface area contributed by atoms with E-state index >= 15 is 8.78 Å². The number of rotatable bonds is 8. The van der Waals surface area contributed by atoms with Crippen LogP contribution in [0.1, 0.15) is 28.8 Å². The zero-order valence-electron chi connectivity index (χ0n) is 21.6. The molecule has 1 aromatic heterocycles. The van der Waals surface area contributed by atoms with Gasteiger partial charge < -0.3 is 29.4 Å². The van der Waals surface area contributed by atoms with Gasteiger partial charge in [0.2, 0.25) is 0 Å². The van der Waals surface area contributed by atoms with Crippen LogP contribution in [0.5, 0.6) is 11.5 Å². The highest BCUT2D eigenvalue weighted by Crippen LogP contribution is 2.40. The van der Waals surface area contributed by atoms with Gasteiger partial charge in [0.1, 0.15) is 34.9 Å². The Morgan fingerprint density at radius 3 is 2.24 bits per heavy atom. The average molecular weight is 581 g/mol. The van der Waals surface area contributed by atoms with E-state index < -0.39 is 64.7 Å². The summed E-state index contributed by atoms with van der Waals surface area (Å²) in [5.74, 6) is -5.99. The maximum absolute atomic E-state index is 15.3. The molecule has 1 aliphatic heterocycles. The first-order valence-corrected chi connectivity index (χ1v) is 12.2. The third-order valence-electron chi connectivity index (χ3n) is 6.65. The average Bonchev–Trinajstić information content (AvgIpc) is 3.13. The second-order valence-corrected chi connectivity index (χ2v) is 9.12. The predicted molar refractivity (Wildman–Crippen MR) is 135 cm³/mol. The number of halogens is 5. The molecule has 41 heavy (non-hydrogen) atoms. The van der Waals surface area contributed by atoms with Crippen LogP contribution in [0, 0.1) is 11.6 Å². The molecule has 0 unspecified atom stereocenters. The number of hydrogen-bond acceptors (Lipinski definition) is 6. The minimum Gasteiger partial charge on any atom is -0.497 e. The molecular formula is C27H24F5N3O6. The van der Waals surface area contributed by atoms with Crippen LogP contribution in [0.4, 0.5) is 27.6 Å². The highest BCUT2D eigenvalue weighted by molar-refractivity contribution is 6.05. The van der Waals surface area contributed by atoms with Crippen LogP contribution < -0.4 is 25.2 Å². The number of aromatic nitrogens is 1. The Labute approximate surface area is 229 Å². The van der Waals surface area contributed by atoms with E-state index in [1.807, 2.05) is 0 Å². The van der Waals surface area contributed by atoms with Crippen LogP contribution in [0.25, 0.3) is 0 Å². The zero-order chi connectivity index (χ0) is 30.1. The Morgan fingerprint density at radius 1 is 1.05 bits per heavy atom. The lowest BCUT2D eigenvalue weighted by Crippen LogP contribution is -2.44. The molecule has 9 nitrogen and oxygen atoms in total. The summed E-state index contributed by atoms with van der Waals surface area (Å²) >= 11 is 0. The third-order valence-corrected chi connectivity index (χ3v) is 6.65. The second-order valence-electron chi connectivity index (χ2n) is 9.12. The number of carbonyl (C=O) groups excluding carboxylic acids is 2. The number of anilines is 1. The molecule has 0 spiro atoms. The lowest BCUT2D eigenvalue weighted by molar-refractivity contribution is -0.274. The van der Waals surface area contributed by atoms with Gasteiger partial charge in [0.25, 0.3) is 17.4 Å². The summed E-state index contributed by atoms with van der Waals surface area (Å²) in [6, 6.07) is 5.76. The molecule has 218 valence electrons. The Balaban J connectivity index is 1.76. The van der Waals surface area contributed by atoms with Crippen molar-refractivity contribution >= 4 is 17.5 Å². The zero-order valence-corrected chi connectivity index (χ0v) is 21.6. The number of nitrogens with zero attached hydrogens (tertiary/aromatic N) is 2. The van der Waals surface area contributed by atoms with E-state index in [0.29, 0.717) is 0 Å². The minimum absolute atomic E-state index is 0.0809. The number of methoxy groups -OCH3 is 1. The molecule has 3 atom stereocenters. The topological polar surface area (TPSA) is 110 Å². The van der Waals surface area contributed by atoms with Gasteiger partial charge >= 0.3 is 6.36 Å². The molecule has 3 aromatic rings. The van der Waals surface area contributed by atoms with Gasteiger partial charge in [0.05, 0.1) is 13.7 Å². The number of ether oxygens (including phenoxy) is 2. The van der Waals surface area contributed by atoms with Gasteiger partial charge in [0.15, 0.2) is 0 Å². The van der Waals surface area contributed by atoms with Crippen LogP contribution in [-0.4, -0.2) is 53.7 Å². The number of alkyl halides is 3. The molecule has 2 aromatic carbocycles. The van der Waals surface area contributed by atoms with E-state index in [9.17, 15) is 32.7 Å². The van der Waals surface area contributed by atoms with E-state index in [0.717, 1.165) is 45.9 Å². The number of aliphatic hydroxyl groups is 1. The number of hydrogen-bond donors (Lipinski definition) is 2. The maximum atomic E-state index is 15.3. The van der Waals surface area contributed by atoms with Crippen LogP contribution in [0.3, 0.4) is 0 Å². The molecule has 0 saturated carbocycles. The summed E-state index contributed by atoms with van der Waals surface area (Å²) in [5, 5.41) is 11.7. The smallest absolute Gasteiger partial charge is 0.497 e. The molecule has 1 aliphatic rings. The number of benzene rings is 2. The molecule has 4 rings (SSSR count). The molecule has 1 fully saturated rings. The fourth-order valence-corrected chi connectivity index (χ4v) is 4.86.